The van der Waals surface area contributed by atoms with E-state index < -0.39 is 5.54 Å². The maximum absolute atomic E-state index is 13.7. The highest BCUT2D eigenvalue weighted by Gasteiger charge is 2.48. The van der Waals surface area contributed by atoms with E-state index in [4.69, 9.17) is 0 Å². The first-order valence-electron chi connectivity index (χ1n) is 11.2. The molecule has 1 fully saturated rings. The van der Waals surface area contributed by atoms with Gasteiger partial charge in [0.05, 0.1) is 17.6 Å². The van der Waals surface area contributed by atoms with Crippen LogP contribution in [-0.4, -0.2) is 37.8 Å². The first-order chi connectivity index (χ1) is 15.1. The van der Waals surface area contributed by atoms with E-state index in [1.54, 1.807) is 4.90 Å². The average molecular weight is 417 g/mol. The summed E-state index contributed by atoms with van der Waals surface area (Å²) in [5.41, 5.74) is 1.67. The van der Waals surface area contributed by atoms with E-state index in [2.05, 4.69) is 10.3 Å². The van der Waals surface area contributed by atoms with Crippen molar-refractivity contribution in [3.63, 3.8) is 0 Å². The van der Waals surface area contributed by atoms with E-state index in [0.717, 1.165) is 42.3 Å². The van der Waals surface area contributed by atoms with Gasteiger partial charge in [-0.25, -0.2) is 4.98 Å². The normalized spacial score (nSPS) is 21.8. The molecule has 2 aliphatic rings. The number of carbonyl (C=O) groups is 2. The Kier molecular flexibility index (Phi) is 5.00. The summed E-state index contributed by atoms with van der Waals surface area (Å²) in [6.07, 6.45) is 5.53. The maximum atomic E-state index is 13.7. The third-order valence-electron chi connectivity index (χ3n) is 6.77. The van der Waals surface area contributed by atoms with Crippen LogP contribution in [0.25, 0.3) is 11.0 Å². The fourth-order valence-electron chi connectivity index (χ4n) is 4.93. The number of hydrogen-bond acceptors (Lipinski definition) is 3. The number of aromatic nitrogens is 2. The molecule has 2 amide bonds. The summed E-state index contributed by atoms with van der Waals surface area (Å²) >= 11 is 0. The molecule has 1 aliphatic heterocycles. The Labute approximate surface area is 182 Å². The molecule has 5 rings (SSSR count). The lowest BCUT2D eigenvalue weighted by atomic mass is 9.91. The zero-order valence-electron chi connectivity index (χ0n) is 17.9. The molecule has 2 aromatic carbocycles. The van der Waals surface area contributed by atoms with Crippen molar-refractivity contribution in [3.8, 4) is 0 Å². The lowest BCUT2D eigenvalue weighted by molar-refractivity contribution is -0.134. The Bertz CT molecular complexity index is 1120. The first kappa shape index (κ1) is 19.8. The molecule has 0 saturated heterocycles. The minimum absolute atomic E-state index is 0.0767. The quantitative estimate of drug-likeness (QED) is 0.701. The zero-order chi connectivity index (χ0) is 21.4. The van der Waals surface area contributed by atoms with Crippen molar-refractivity contribution in [3.05, 3.63) is 66.0 Å². The van der Waals surface area contributed by atoms with Crippen LogP contribution in [0, 0.1) is 0 Å². The van der Waals surface area contributed by atoms with Crippen molar-refractivity contribution >= 4 is 22.8 Å². The van der Waals surface area contributed by atoms with Crippen LogP contribution in [0.4, 0.5) is 0 Å². The number of imidazole rings is 1. The van der Waals surface area contributed by atoms with Crippen LogP contribution in [0.1, 0.15) is 55.2 Å². The molecular weight excluding hydrogens is 388 g/mol. The van der Waals surface area contributed by atoms with Crippen LogP contribution >= 0.6 is 0 Å². The lowest BCUT2D eigenvalue weighted by Crippen LogP contribution is -2.64. The number of hydrogen-bond donors (Lipinski definition) is 1. The third kappa shape index (κ3) is 3.50. The van der Waals surface area contributed by atoms with Crippen LogP contribution in [0.2, 0.25) is 0 Å². The van der Waals surface area contributed by atoms with Gasteiger partial charge in [-0.1, -0.05) is 61.7 Å². The molecule has 3 aromatic rings. The number of nitrogens with one attached hydrogen (secondary N) is 1. The SMILES string of the molecule is C[C@@]1(C(=O)NC2CCCCC2)Cn2c(nc3ccccc32)C(=O)N1Cc1ccccc1. The monoisotopic (exact) mass is 416 g/mol. The summed E-state index contributed by atoms with van der Waals surface area (Å²) < 4.78 is 1.92. The second kappa shape index (κ2) is 7.84. The fourth-order valence-corrected chi connectivity index (χ4v) is 4.93. The van der Waals surface area contributed by atoms with Crippen molar-refractivity contribution in [1.82, 2.24) is 19.8 Å². The second-order valence-electron chi connectivity index (χ2n) is 8.97. The van der Waals surface area contributed by atoms with E-state index in [1.165, 1.54) is 6.42 Å². The molecule has 1 aliphatic carbocycles. The summed E-state index contributed by atoms with van der Waals surface area (Å²) in [7, 11) is 0. The number of carbonyl (C=O) groups excluding carboxylic acids is 2. The van der Waals surface area contributed by atoms with Gasteiger partial charge in [-0.15, -0.1) is 0 Å². The molecule has 2 heterocycles. The van der Waals surface area contributed by atoms with E-state index in [1.807, 2.05) is 66.1 Å². The highest BCUT2D eigenvalue weighted by Crippen LogP contribution is 2.32. The molecule has 0 unspecified atom stereocenters. The van der Waals surface area contributed by atoms with E-state index in [-0.39, 0.29) is 17.9 Å². The number of benzene rings is 2. The predicted molar refractivity (Wildman–Crippen MR) is 119 cm³/mol. The Morgan fingerprint density at radius 3 is 2.55 bits per heavy atom. The van der Waals surface area contributed by atoms with Crippen LogP contribution in [-0.2, 0) is 17.9 Å². The molecule has 0 bridgehead atoms. The summed E-state index contributed by atoms with van der Waals surface area (Å²) in [6, 6.07) is 17.8. The number of nitrogens with zero attached hydrogens (tertiary/aromatic N) is 3. The van der Waals surface area contributed by atoms with E-state index >= 15 is 0 Å². The highest BCUT2D eigenvalue weighted by atomic mass is 16.2. The zero-order valence-corrected chi connectivity index (χ0v) is 17.9. The first-order valence-corrected chi connectivity index (χ1v) is 11.2. The molecular formula is C25H28N4O2. The molecule has 6 heteroatoms. The summed E-state index contributed by atoms with van der Waals surface area (Å²) in [5.74, 6) is 0.125. The summed E-state index contributed by atoms with van der Waals surface area (Å²) in [4.78, 5) is 33.6. The Balaban J connectivity index is 1.55. The van der Waals surface area contributed by atoms with Crippen molar-refractivity contribution in [2.45, 2.75) is 63.7 Å². The van der Waals surface area contributed by atoms with Crippen molar-refractivity contribution in [2.24, 2.45) is 0 Å². The van der Waals surface area contributed by atoms with Gasteiger partial charge in [-0.05, 0) is 37.5 Å². The Hall–Kier alpha value is -3.15. The Morgan fingerprint density at radius 1 is 1.06 bits per heavy atom. The van der Waals surface area contributed by atoms with Gasteiger partial charge >= 0.3 is 0 Å². The van der Waals surface area contributed by atoms with Crippen LogP contribution in [0.15, 0.2) is 54.6 Å². The highest BCUT2D eigenvalue weighted by molar-refractivity contribution is 6.01. The molecule has 0 radical (unpaired) electrons. The smallest absolute Gasteiger partial charge is 0.291 e. The molecule has 1 saturated carbocycles. The standard InChI is InChI=1S/C25H28N4O2/c1-25(24(31)26-19-12-6-3-7-13-19)17-28-21-15-9-8-14-20(21)27-22(28)23(30)29(25)16-18-10-4-2-5-11-18/h2,4-5,8-11,14-15,19H,3,6-7,12-13,16-17H2,1H3,(H,26,31)/t25-/m0/s1. The van der Waals surface area contributed by atoms with Crippen molar-refractivity contribution in [2.75, 3.05) is 0 Å². The molecule has 1 aromatic heterocycles. The molecule has 1 N–H and O–H groups in total. The number of rotatable bonds is 4. The minimum Gasteiger partial charge on any atom is -0.351 e. The van der Waals surface area contributed by atoms with Crippen LogP contribution in [0.5, 0.6) is 0 Å². The number of fused-ring (bicyclic) bond motifs is 3. The van der Waals surface area contributed by atoms with E-state index in [0.29, 0.717) is 18.9 Å². The molecule has 1 atom stereocenters. The van der Waals surface area contributed by atoms with Gasteiger partial charge in [0.25, 0.3) is 5.91 Å². The lowest BCUT2D eigenvalue weighted by Gasteiger charge is -2.44. The van der Waals surface area contributed by atoms with Crippen molar-refractivity contribution < 1.29 is 9.59 Å². The Morgan fingerprint density at radius 2 is 1.77 bits per heavy atom. The topological polar surface area (TPSA) is 67.2 Å². The number of amides is 2. The molecule has 0 spiro atoms. The fraction of sp³-hybridized carbons (Fsp3) is 0.400. The van der Waals surface area contributed by atoms with Gasteiger partial charge in [0.1, 0.15) is 5.54 Å². The van der Waals surface area contributed by atoms with Gasteiger partial charge in [0.15, 0.2) is 5.82 Å². The average Bonchev–Trinajstić information content (AvgIpc) is 3.16. The predicted octanol–water partition coefficient (Wildman–Crippen LogP) is 3.90. The maximum Gasteiger partial charge on any atom is 0.291 e. The van der Waals surface area contributed by atoms with Crippen LogP contribution < -0.4 is 5.32 Å². The van der Waals surface area contributed by atoms with Crippen LogP contribution in [0.3, 0.4) is 0 Å². The van der Waals surface area contributed by atoms with Gasteiger partial charge in [0.2, 0.25) is 5.91 Å². The summed E-state index contributed by atoms with van der Waals surface area (Å²) in [5, 5.41) is 3.27. The number of para-hydroxylation sites is 2. The van der Waals surface area contributed by atoms with Gasteiger partial charge in [-0.2, -0.15) is 0 Å². The molecule has 6 nitrogen and oxygen atoms in total. The van der Waals surface area contributed by atoms with Crippen molar-refractivity contribution in [1.29, 1.82) is 0 Å². The largest absolute Gasteiger partial charge is 0.351 e. The van der Waals surface area contributed by atoms with Gasteiger partial charge < -0.3 is 14.8 Å². The molecule has 31 heavy (non-hydrogen) atoms. The van der Waals surface area contributed by atoms with Gasteiger partial charge in [-0.3, -0.25) is 9.59 Å². The second-order valence-corrected chi connectivity index (χ2v) is 8.97. The van der Waals surface area contributed by atoms with Gasteiger partial charge in [0, 0.05) is 12.6 Å². The molecule has 160 valence electrons. The third-order valence-corrected chi connectivity index (χ3v) is 6.77. The minimum atomic E-state index is -0.999. The summed E-state index contributed by atoms with van der Waals surface area (Å²) in [6.45, 7) is 2.65. The van der Waals surface area contributed by atoms with E-state index in [9.17, 15) is 9.59 Å².